The highest BCUT2D eigenvalue weighted by atomic mass is 16.2. The summed E-state index contributed by atoms with van der Waals surface area (Å²) in [5, 5.41) is 3.63. The minimum Gasteiger partial charge on any atom is -0.274 e. The number of allylic oxidation sites excluding steroid dienone is 2. The molecule has 0 unspecified atom stereocenters. The summed E-state index contributed by atoms with van der Waals surface area (Å²) in [5.74, 6) is -0.148. The Balaban J connectivity index is 3.36. The summed E-state index contributed by atoms with van der Waals surface area (Å²) >= 11 is 0. The van der Waals surface area contributed by atoms with Crippen molar-refractivity contribution >= 4 is 12.1 Å². The molecular formula is C8H14N2O. The first-order chi connectivity index (χ1) is 5.27. The summed E-state index contributed by atoms with van der Waals surface area (Å²) in [7, 11) is 0. The second-order valence-electron chi connectivity index (χ2n) is 2.16. The van der Waals surface area contributed by atoms with E-state index < -0.39 is 0 Å². The summed E-state index contributed by atoms with van der Waals surface area (Å²) in [6.07, 6.45) is 7.57. The lowest BCUT2D eigenvalue weighted by Gasteiger charge is -1.86. The van der Waals surface area contributed by atoms with Crippen LogP contribution in [0.1, 0.15) is 26.7 Å². The quantitative estimate of drug-likeness (QED) is 0.483. The van der Waals surface area contributed by atoms with E-state index in [0.717, 1.165) is 12.8 Å². The van der Waals surface area contributed by atoms with E-state index in [0.29, 0.717) is 0 Å². The van der Waals surface area contributed by atoms with Crippen molar-refractivity contribution in [2.75, 3.05) is 0 Å². The van der Waals surface area contributed by atoms with Crippen molar-refractivity contribution in [3.63, 3.8) is 0 Å². The topological polar surface area (TPSA) is 41.5 Å². The number of carbonyl (C=O) groups is 1. The lowest BCUT2D eigenvalue weighted by molar-refractivity contribution is -0.118. The van der Waals surface area contributed by atoms with Crippen molar-refractivity contribution in [3.05, 3.63) is 12.2 Å². The molecule has 0 fully saturated rings. The number of amides is 1. The molecule has 3 heteroatoms. The van der Waals surface area contributed by atoms with Gasteiger partial charge in [-0.2, -0.15) is 5.10 Å². The van der Waals surface area contributed by atoms with Gasteiger partial charge in [0.1, 0.15) is 0 Å². The molecule has 0 atom stereocenters. The average Bonchev–Trinajstić information content (AvgIpc) is 1.96. The van der Waals surface area contributed by atoms with Gasteiger partial charge in [-0.15, -0.1) is 0 Å². The Labute approximate surface area is 67.2 Å². The normalized spacial score (nSPS) is 11.1. The van der Waals surface area contributed by atoms with Crippen molar-refractivity contribution in [2.24, 2.45) is 5.10 Å². The monoisotopic (exact) mass is 154 g/mol. The summed E-state index contributed by atoms with van der Waals surface area (Å²) in [6.45, 7) is 3.53. The van der Waals surface area contributed by atoms with E-state index >= 15 is 0 Å². The Hall–Kier alpha value is -1.12. The zero-order chi connectivity index (χ0) is 8.53. The Morgan fingerprint density at radius 2 is 2.36 bits per heavy atom. The largest absolute Gasteiger partial charge is 0.274 e. The van der Waals surface area contributed by atoms with E-state index in [1.165, 1.54) is 6.92 Å². The van der Waals surface area contributed by atoms with Gasteiger partial charge in [0, 0.05) is 13.1 Å². The number of rotatable bonds is 4. The number of hydrogen-bond donors (Lipinski definition) is 1. The molecule has 11 heavy (non-hydrogen) atoms. The van der Waals surface area contributed by atoms with Crippen LogP contribution < -0.4 is 5.43 Å². The Bertz CT molecular complexity index is 161. The van der Waals surface area contributed by atoms with E-state index in [1.54, 1.807) is 6.21 Å². The molecule has 0 rings (SSSR count). The number of nitrogens with zero attached hydrogens (tertiary/aromatic N) is 1. The number of hydrogen-bond acceptors (Lipinski definition) is 2. The molecule has 0 radical (unpaired) electrons. The third kappa shape index (κ3) is 8.88. The van der Waals surface area contributed by atoms with E-state index in [9.17, 15) is 4.79 Å². The first-order valence-electron chi connectivity index (χ1n) is 3.72. The van der Waals surface area contributed by atoms with Crippen molar-refractivity contribution < 1.29 is 4.79 Å². The molecule has 0 heterocycles. The van der Waals surface area contributed by atoms with Gasteiger partial charge in [0.05, 0.1) is 0 Å². The van der Waals surface area contributed by atoms with Gasteiger partial charge in [0.15, 0.2) is 0 Å². The standard InChI is InChI=1S/C8H14N2O/c1-3-4-5-6-7-9-10-8(2)11/h5-7H,3-4H2,1-2H3,(H,10,11)/b6-5+,9-7+. The highest BCUT2D eigenvalue weighted by molar-refractivity contribution is 5.76. The highest BCUT2D eigenvalue weighted by Crippen LogP contribution is 1.85. The summed E-state index contributed by atoms with van der Waals surface area (Å²) in [4.78, 5) is 10.3. The zero-order valence-corrected chi connectivity index (χ0v) is 7.00. The molecule has 0 aromatic rings. The SMILES string of the molecule is CCC/C=C/C=N/NC(C)=O. The van der Waals surface area contributed by atoms with Crippen molar-refractivity contribution in [1.29, 1.82) is 0 Å². The van der Waals surface area contributed by atoms with E-state index in [2.05, 4.69) is 17.5 Å². The molecule has 0 aromatic carbocycles. The Kier molecular flexibility index (Phi) is 6.28. The van der Waals surface area contributed by atoms with E-state index in [4.69, 9.17) is 0 Å². The van der Waals surface area contributed by atoms with Crippen LogP contribution in [0.25, 0.3) is 0 Å². The molecule has 0 aliphatic rings. The first-order valence-corrected chi connectivity index (χ1v) is 3.72. The fraction of sp³-hybridized carbons (Fsp3) is 0.500. The van der Waals surface area contributed by atoms with Crippen molar-refractivity contribution in [3.8, 4) is 0 Å². The maximum atomic E-state index is 10.3. The number of hydrazone groups is 1. The van der Waals surface area contributed by atoms with Gasteiger partial charge in [-0.1, -0.05) is 19.4 Å². The van der Waals surface area contributed by atoms with Crippen LogP contribution in [0.2, 0.25) is 0 Å². The van der Waals surface area contributed by atoms with Crippen LogP contribution in [0.5, 0.6) is 0 Å². The first kappa shape index (κ1) is 9.88. The van der Waals surface area contributed by atoms with Gasteiger partial charge in [-0.05, 0) is 12.5 Å². The number of carbonyl (C=O) groups excluding carboxylic acids is 1. The minimum atomic E-state index is -0.148. The molecule has 1 amide bonds. The predicted molar refractivity (Wildman–Crippen MR) is 46.4 cm³/mol. The molecule has 62 valence electrons. The zero-order valence-electron chi connectivity index (χ0n) is 7.00. The third-order valence-corrected chi connectivity index (χ3v) is 0.974. The Morgan fingerprint density at radius 3 is 2.91 bits per heavy atom. The van der Waals surface area contributed by atoms with Crippen molar-refractivity contribution in [1.82, 2.24) is 5.43 Å². The smallest absolute Gasteiger partial charge is 0.236 e. The van der Waals surface area contributed by atoms with Crippen molar-refractivity contribution in [2.45, 2.75) is 26.7 Å². The third-order valence-electron chi connectivity index (χ3n) is 0.974. The van der Waals surface area contributed by atoms with E-state index in [1.807, 2.05) is 12.2 Å². The van der Waals surface area contributed by atoms with Crippen LogP contribution in [0.4, 0.5) is 0 Å². The minimum absolute atomic E-state index is 0.148. The molecule has 0 saturated heterocycles. The van der Waals surface area contributed by atoms with Gasteiger partial charge >= 0.3 is 0 Å². The van der Waals surface area contributed by atoms with Gasteiger partial charge in [-0.3, -0.25) is 4.79 Å². The van der Waals surface area contributed by atoms with Gasteiger partial charge in [0.2, 0.25) is 5.91 Å². The molecule has 0 saturated carbocycles. The van der Waals surface area contributed by atoms with Crippen LogP contribution in [0, 0.1) is 0 Å². The lowest BCUT2D eigenvalue weighted by Crippen LogP contribution is -2.11. The second-order valence-corrected chi connectivity index (χ2v) is 2.16. The Morgan fingerprint density at radius 1 is 1.64 bits per heavy atom. The molecular weight excluding hydrogens is 140 g/mol. The van der Waals surface area contributed by atoms with Crippen LogP contribution >= 0.6 is 0 Å². The molecule has 3 nitrogen and oxygen atoms in total. The second kappa shape index (κ2) is 6.99. The molecule has 0 spiro atoms. The van der Waals surface area contributed by atoms with Gasteiger partial charge < -0.3 is 0 Å². The summed E-state index contributed by atoms with van der Waals surface area (Å²) in [5.41, 5.74) is 2.30. The summed E-state index contributed by atoms with van der Waals surface area (Å²) in [6, 6.07) is 0. The number of nitrogens with one attached hydrogen (secondary N) is 1. The molecule has 0 aromatic heterocycles. The highest BCUT2D eigenvalue weighted by Gasteiger charge is 1.79. The maximum Gasteiger partial charge on any atom is 0.236 e. The van der Waals surface area contributed by atoms with Crippen LogP contribution in [-0.4, -0.2) is 12.1 Å². The van der Waals surface area contributed by atoms with E-state index in [-0.39, 0.29) is 5.91 Å². The maximum absolute atomic E-state index is 10.3. The van der Waals surface area contributed by atoms with Gasteiger partial charge in [0.25, 0.3) is 0 Å². The van der Waals surface area contributed by atoms with Crippen LogP contribution in [0.3, 0.4) is 0 Å². The lowest BCUT2D eigenvalue weighted by atomic mass is 10.3. The average molecular weight is 154 g/mol. The molecule has 1 N–H and O–H groups in total. The fourth-order valence-electron chi connectivity index (χ4n) is 0.495. The fourth-order valence-corrected chi connectivity index (χ4v) is 0.495. The molecule has 0 aliphatic carbocycles. The molecule has 0 bridgehead atoms. The van der Waals surface area contributed by atoms with Crippen LogP contribution in [-0.2, 0) is 4.79 Å². The van der Waals surface area contributed by atoms with Crippen LogP contribution in [0.15, 0.2) is 17.3 Å². The molecule has 0 aliphatic heterocycles. The number of unbranched alkanes of at least 4 members (excludes halogenated alkanes) is 1. The van der Waals surface area contributed by atoms with Gasteiger partial charge in [-0.25, -0.2) is 5.43 Å². The summed E-state index contributed by atoms with van der Waals surface area (Å²) < 4.78 is 0. The predicted octanol–water partition coefficient (Wildman–Crippen LogP) is 1.46.